The van der Waals surface area contributed by atoms with Crippen molar-refractivity contribution in [2.45, 2.75) is 84.2 Å². The van der Waals surface area contributed by atoms with Gasteiger partial charge in [0.15, 0.2) is 8.32 Å². The number of carbonyl (C=O) groups excluding carboxylic acids is 2. The Morgan fingerprint density at radius 3 is 2.14 bits per heavy atom. The average Bonchev–Trinajstić information content (AvgIpc) is 2.29. The molecular formula is C16H33NO4Si. The van der Waals surface area contributed by atoms with Crippen LogP contribution in [-0.2, 0) is 14.0 Å². The fraction of sp³-hybridized carbons (Fsp3) is 0.875. The van der Waals surface area contributed by atoms with Crippen LogP contribution in [0.4, 0.5) is 4.79 Å². The Balaban J connectivity index is 4.18. The van der Waals surface area contributed by atoms with Gasteiger partial charge in [-0.1, -0.05) is 20.8 Å². The summed E-state index contributed by atoms with van der Waals surface area (Å²) in [7, 11) is -1.95. The van der Waals surface area contributed by atoms with E-state index < -0.39 is 26.1 Å². The minimum Gasteiger partial charge on any atom is -0.444 e. The zero-order chi connectivity index (χ0) is 17.6. The lowest BCUT2D eigenvalue weighted by molar-refractivity contribution is -0.114. The molecule has 0 spiro atoms. The summed E-state index contributed by atoms with van der Waals surface area (Å²) in [5.41, 5.74) is -0.499. The van der Waals surface area contributed by atoms with Crippen molar-refractivity contribution in [3.8, 4) is 0 Å². The first kappa shape index (κ1) is 21.1. The van der Waals surface area contributed by atoms with Gasteiger partial charge in [0, 0.05) is 6.54 Å². The van der Waals surface area contributed by atoms with Gasteiger partial charge in [0.25, 0.3) is 0 Å². The van der Waals surface area contributed by atoms with Crippen LogP contribution in [0.3, 0.4) is 0 Å². The lowest BCUT2D eigenvalue weighted by Gasteiger charge is -2.38. The minimum atomic E-state index is -1.95. The second-order valence-electron chi connectivity index (χ2n) is 8.12. The predicted octanol–water partition coefficient (Wildman–Crippen LogP) is 3.88. The average molecular weight is 332 g/mol. The molecule has 22 heavy (non-hydrogen) atoms. The Hall–Kier alpha value is -0.883. The summed E-state index contributed by atoms with van der Waals surface area (Å²) < 4.78 is 11.2. The molecular weight excluding hydrogens is 298 g/mol. The quantitative estimate of drug-likeness (QED) is 0.437. The van der Waals surface area contributed by atoms with Gasteiger partial charge < -0.3 is 19.3 Å². The lowest BCUT2D eigenvalue weighted by Crippen LogP contribution is -2.44. The number of ether oxygens (including phenoxy) is 1. The highest BCUT2D eigenvalue weighted by Gasteiger charge is 2.38. The number of nitrogens with one attached hydrogen (secondary N) is 1. The molecule has 0 radical (unpaired) electrons. The second kappa shape index (κ2) is 8.11. The highest BCUT2D eigenvalue weighted by atomic mass is 28.4. The van der Waals surface area contributed by atoms with E-state index in [9.17, 15) is 9.59 Å². The van der Waals surface area contributed by atoms with Gasteiger partial charge in [-0.3, -0.25) is 0 Å². The Morgan fingerprint density at radius 2 is 1.73 bits per heavy atom. The molecule has 1 amide bonds. The van der Waals surface area contributed by atoms with Crippen LogP contribution in [0, 0.1) is 0 Å². The van der Waals surface area contributed by atoms with Crippen molar-refractivity contribution in [2.75, 3.05) is 6.54 Å². The van der Waals surface area contributed by atoms with Gasteiger partial charge in [-0.2, -0.15) is 0 Å². The van der Waals surface area contributed by atoms with Gasteiger partial charge in [0.2, 0.25) is 0 Å². The number of hydrogen-bond acceptors (Lipinski definition) is 4. The van der Waals surface area contributed by atoms with Gasteiger partial charge in [0.05, 0.1) is 0 Å². The van der Waals surface area contributed by atoms with Gasteiger partial charge in [-0.05, 0) is 51.7 Å². The van der Waals surface area contributed by atoms with Gasteiger partial charge in [-0.25, -0.2) is 4.79 Å². The van der Waals surface area contributed by atoms with E-state index in [0.29, 0.717) is 19.4 Å². The van der Waals surface area contributed by atoms with E-state index in [-0.39, 0.29) is 5.04 Å². The third-order valence-electron chi connectivity index (χ3n) is 3.74. The normalized spacial score (nSPS) is 14.4. The summed E-state index contributed by atoms with van der Waals surface area (Å²) in [6, 6.07) is 0. The maximum Gasteiger partial charge on any atom is 0.407 e. The SMILES string of the molecule is CC(C)(C)OC(=O)NCCC[C@@H](C=O)O[Si](C)(C)C(C)(C)C. The highest BCUT2D eigenvalue weighted by Crippen LogP contribution is 2.37. The van der Waals surface area contributed by atoms with Crippen LogP contribution < -0.4 is 5.32 Å². The van der Waals surface area contributed by atoms with Crippen molar-refractivity contribution in [1.29, 1.82) is 0 Å². The summed E-state index contributed by atoms with van der Waals surface area (Å²) in [5, 5.41) is 2.76. The summed E-state index contributed by atoms with van der Waals surface area (Å²) >= 11 is 0. The molecule has 0 saturated carbocycles. The van der Waals surface area contributed by atoms with Crippen molar-refractivity contribution >= 4 is 20.7 Å². The molecule has 0 heterocycles. The van der Waals surface area contributed by atoms with Crippen LogP contribution in [0.15, 0.2) is 0 Å². The standard InChI is InChI=1S/C16H33NO4Si/c1-15(2,3)20-14(19)17-11-9-10-13(12-18)21-22(7,8)16(4,5)6/h12-13H,9-11H2,1-8H3,(H,17,19)/t13-/m0/s1. The molecule has 0 aromatic heterocycles. The number of carbonyl (C=O) groups is 2. The molecule has 0 aliphatic rings. The van der Waals surface area contributed by atoms with Crippen molar-refractivity contribution in [1.82, 2.24) is 5.32 Å². The fourth-order valence-electron chi connectivity index (χ4n) is 1.52. The van der Waals surface area contributed by atoms with Gasteiger partial charge >= 0.3 is 6.09 Å². The van der Waals surface area contributed by atoms with E-state index in [1.807, 2.05) is 20.8 Å². The molecule has 130 valence electrons. The zero-order valence-corrected chi connectivity index (χ0v) is 16.4. The number of alkyl carbamates (subject to hydrolysis) is 1. The molecule has 0 bridgehead atoms. The van der Waals surface area contributed by atoms with Crippen molar-refractivity contribution < 1.29 is 18.8 Å². The van der Waals surface area contributed by atoms with E-state index in [1.165, 1.54) is 0 Å². The highest BCUT2D eigenvalue weighted by molar-refractivity contribution is 6.74. The summed E-state index contributed by atoms with van der Waals surface area (Å²) in [6.07, 6.45) is 1.32. The number of amides is 1. The first-order valence-electron chi connectivity index (χ1n) is 7.88. The smallest absolute Gasteiger partial charge is 0.407 e. The Bertz CT molecular complexity index is 369. The van der Waals surface area contributed by atoms with Crippen molar-refractivity contribution in [3.05, 3.63) is 0 Å². The van der Waals surface area contributed by atoms with Gasteiger partial charge in [0.1, 0.15) is 18.0 Å². The van der Waals surface area contributed by atoms with E-state index in [1.54, 1.807) is 0 Å². The lowest BCUT2D eigenvalue weighted by atomic mass is 10.2. The van der Waals surface area contributed by atoms with E-state index >= 15 is 0 Å². The van der Waals surface area contributed by atoms with Crippen LogP contribution >= 0.6 is 0 Å². The first-order valence-corrected chi connectivity index (χ1v) is 10.8. The third kappa shape index (κ3) is 8.53. The topological polar surface area (TPSA) is 64.6 Å². The summed E-state index contributed by atoms with van der Waals surface area (Å²) in [4.78, 5) is 22.7. The summed E-state index contributed by atoms with van der Waals surface area (Å²) in [6.45, 7) is 16.6. The third-order valence-corrected chi connectivity index (χ3v) is 8.24. The monoisotopic (exact) mass is 331 g/mol. The molecule has 0 aromatic carbocycles. The van der Waals surface area contributed by atoms with Crippen molar-refractivity contribution in [2.24, 2.45) is 0 Å². The molecule has 5 nitrogen and oxygen atoms in total. The van der Waals surface area contributed by atoms with Crippen LogP contribution in [0.2, 0.25) is 18.1 Å². The van der Waals surface area contributed by atoms with Crippen LogP contribution in [0.1, 0.15) is 54.4 Å². The molecule has 1 N–H and O–H groups in total. The minimum absolute atomic E-state index is 0.0724. The molecule has 1 atom stereocenters. The van der Waals surface area contributed by atoms with E-state index in [4.69, 9.17) is 9.16 Å². The van der Waals surface area contributed by atoms with E-state index in [2.05, 4.69) is 39.2 Å². The first-order chi connectivity index (χ1) is 9.78. The number of hydrogen-bond donors (Lipinski definition) is 1. The second-order valence-corrected chi connectivity index (χ2v) is 12.9. The maximum absolute atomic E-state index is 11.5. The zero-order valence-electron chi connectivity index (χ0n) is 15.4. The van der Waals surface area contributed by atoms with E-state index in [0.717, 1.165) is 6.29 Å². The number of aldehydes is 1. The molecule has 0 aliphatic heterocycles. The van der Waals surface area contributed by atoms with Crippen LogP contribution in [0.5, 0.6) is 0 Å². The molecule has 0 fully saturated rings. The predicted molar refractivity (Wildman–Crippen MR) is 91.6 cm³/mol. The molecule has 0 saturated heterocycles. The molecule has 0 rings (SSSR count). The maximum atomic E-state index is 11.5. The van der Waals surface area contributed by atoms with Crippen molar-refractivity contribution in [3.63, 3.8) is 0 Å². The Kier molecular flexibility index (Phi) is 7.78. The molecule has 0 aromatic rings. The molecule has 0 aliphatic carbocycles. The van der Waals surface area contributed by atoms with Crippen LogP contribution in [0.25, 0.3) is 0 Å². The van der Waals surface area contributed by atoms with Gasteiger partial charge in [-0.15, -0.1) is 0 Å². The fourth-order valence-corrected chi connectivity index (χ4v) is 2.80. The summed E-state index contributed by atoms with van der Waals surface area (Å²) in [5.74, 6) is 0. The molecule has 6 heteroatoms. The number of rotatable bonds is 7. The molecule has 0 unspecified atom stereocenters. The Morgan fingerprint density at radius 1 is 1.18 bits per heavy atom. The largest absolute Gasteiger partial charge is 0.444 e. The van der Waals surface area contributed by atoms with Crippen LogP contribution in [-0.4, -0.2) is 38.9 Å². The Labute approximate surface area is 136 Å².